The Kier molecular flexibility index (Phi) is 4.90. The number of rotatable bonds is 5. The molecule has 1 aromatic heterocycles. The first-order valence-electron chi connectivity index (χ1n) is 6.29. The van der Waals surface area contributed by atoms with Crippen LogP contribution in [-0.2, 0) is 6.54 Å². The summed E-state index contributed by atoms with van der Waals surface area (Å²) >= 11 is 5.80. The van der Waals surface area contributed by atoms with E-state index in [4.69, 9.17) is 11.6 Å². The number of hydrogen-bond donors (Lipinski definition) is 2. The van der Waals surface area contributed by atoms with Crippen LogP contribution in [0.4, 0.5) is 5.82 Å². The van der Waals surface area contributed by atoms with Crippen LogP contribution in [-0.4, -0.2) is 22.6 Å². The predicted octanol–water partition coefficient (Wildman–Crippen LogP) is 2.49. The van der Waals surface area contributed by atoms with E-state index in [1.807, 2.05) is 19.1 Å². The highest BCUT2D eigenvalue weighted by Crippen LogP contribution is 2.09. The van der Waals surface area contributed by atoms with Crippen molar-refractivity contribution in [1.82, 2.24) is 15.5 Å². The minimum atomic E-state index is -0.254. The van der Waals surface area contributed by atoms with E-state index in [1.54, 1.807) is 24.3 Å². The van der Waals surface area contributed by atoms with E-state index >= 15 is 0 Å². The Hall–Kier alpha value is -2.14. The number of amides is 1. The number of nitrogens with one attached hydrogen (secondary N) is 2. The van der Waals surface area contributed by atoms with Crippen molar-refractivity contribution in [2.24, 2.45) is 0 Å². The Morgan fingerprint density at radius 3 is 2.50 bits per heavy atom. The standard InChI is InChI=1S/C14H15ClN4O/c1-2-16-13-8-7-12(18-19-13)14(20)17-9-10-3-5-11(15)6-4-10/h3-8H,2,9H2,1H3,(H,16,19)(H,17,20). The number of aromatic nitrogens is 2. The molecule has 0 spiro atoms. The summed E-state index contributed by atoms with van der Waals surface area (Å²) in [4.78, 5) is 11.9. The van der Waals surface area contributed by atoms with Crippen LogP contribution >= 0.6 is 11.6 Å². The van der Waals surface area contributed by atoms with Crippen molar-refractivity contribution in [3.63, 3.8) is 0 Å². The molecule has 104 valence electrons. The summed E-state index contributed by atoms with van der Waals surface area (Å²) in [5, 5.41) is 14.3. The summed E-state index contributed by atoms with van der Waals surface area (Å²) in [5.41, 5.74) is 1.26. The second-order valence-corrected chi connectivity index (χ2v) is 4.58. The summed E-state index contributed by atoms with van der Waals surface area (Å²) in [5.74, 6) is 0.400. The number of anilines is 1. The van der Waals surface area contributed by atoms with Crippen LogP contribution in [0.1, 0.15) is 23.0 Å². The van der Waals surface area contributed by atoms with E-state index in [9.17, 15) is 4.79 Å². The fourth-order valence-corrected chi connectivity index (χ4v) is 1.73. The lowest BCUT2D eigenvalue weighted by Crippen LogP contribution is -2.24. The van der Waals surface area contributed by atoms with Gasteiger partial charge in [0.25, 0.3) is 5.91 Å². The fourth-order valence-electron chi connectivity index (χ4n) is 1.60. The van der Waals surface area contributed by atoms with Gasteiger partial charge in [-0.25, -0.2) is 0 Å². The molecule has 0 aliphatic heterocycles. The van der Waals surface area contributed by atoms with E-state index < -0.39 is 0 Å². The average molecular weight is 291 g/mol. The zero-order valence-electron chi connectivity index (χ0n) is 11.1. The molecule has 1 aromatic carbocycles. The molecular formula is C14H15ClN4O. The molecule has 0 aliphatic carbocycles. The summed E-state index contributed by atoms with van der Waals surface area (Å²) in [7, 11) is 0. The molecule has 0 radical (unpaired) electrons. The zero-order valence-corrected chi connectivity index (χ0v) is 11.8. The summed E-state index contributed by atoms with van der Waals surface area (Å²) in [6.45, 7) is 3.15. The number of carbonyl (C=O) groups is 1. The molecule has 1 amide bonds. The number of hydrogen-bond acceptors (Lipinski definition) is 4. The van der Waals surface area contributed by atoms with Crippen LogP contribution in [0, 0.1) is 0 Å². The Labute approximate surface area is 122 Å². The predicted molar refractivity (Wildman–Crippen MR) is 78.8 cm³/mol. The molecule has 2 N–H and O–H groups in total. The SMILES string of the molecule is CCNc1ccc(C(=O)NCc2ccc(Cl)cc2)nn1. The van der Waals surface area contributed by atoms with Gasteiger partial charge in [-0.15, -0.1) is 10.2 Å². The molecule has 0 saturated carbocycles. The van der Waals surface area contributed by atoms with Gasteiger partial charge in [0.05, 0.1) is 0 Å². The minimum absolute atomic E-state index is 0.254. The van der Waals surface area contributed by atoms with Crippen LogP contribution in [0.25, 0.3) is 0 Å². The molecule has 1 heterocycles. The lowest BCUT2D eigenvalue weighted by Gasteiger charge is -2.05. The first kappa shape index (κ1) is 14.3. The Balaban J connectivity index is 1.92. The lowest BCUT2D eigenvalue weighted by atomic mass is 10.2. The number of halogens is 1. The molecular weight excluding hydrogens is 276 g/mol. The smallest absolute Gasteiger partial charge is 0.272 e. The van der Waals surface area contributed by atoms with Gasteiger partial charge in [0.2, 0.25) is 0 Å². The van der Waals surface area contributed by atoms with Crippen LogP contribution in [0.5, 0.6) is 0 Å². The van der Waals surface area contributed by atoms with E-state index in [-0.39, 0.29) is 5.91 Å². The van der Waals surface area contributed by atoms with Crippen molar-refractivity contribution in [3.8, 4) is 0 Å². The van der Waals surface area contributed by atoms with Crippen molar-refractivity contribution in [2.45, 2.75) is 13.5 Å². The van der Waals surface area contributed by atoms with E-state index in [1.165, 1.54) is 0 Å². The third-order valence-corrected chi connectivity index (χ3v) is 2.87. The zero-order chi connectivity index (χ0) is 14.4. The minimum Gasteiger partial charge on any atom is -0.369 e. The second kappa shape index (κ2) is 6.86. The van der Waals surface area contributed by atoms with Crippen LogP contribution in [0.15, 0.2) is 36.4 Å². The second-order valence-electron chi connectivity index (χ2n) is 4.14. The summed E-state index contributed by atoms with van der Waals surface area (Å²) in [6, 6.07) is 10.7. The number of carbonyl (C=O) groups excluding carboxylic acids is 1. The van der Waals surface area contributed by atoms with Gasteiger partial charge < -0.3 is 10.6 Å². The monoisotopic (exact) mass is 290 g/mol. The number of nitrogens with zero attached hydrogens (tertiary/aromatic N) is 2. The molecule has 0 fully saturated rings. The largest absolute Gasteiger partial charge is 0.369 e. The third kappa shape index (κ3) is 3.93. The molecule has 2 rings (SSSR count). The maximum absolute atomic E-state index is 11.9. The molecule has 2 aromatic rings. The topological polar surface area (TPSA) is 66.9 Å². The first-order chi connectivity index (χ1) is 9.69. The molecule has 5 nitrogen and oxygen atoms in total. The molecule has 0 saturated heterocycles. The summed E-state index contributed by atoms with van der Waals surface area (Å²) < 4.78 is 0. The average Bonchev–Trinajstić information content (AvgIpc) is 2.47. The molecule has 0 atom stereocenters. The summed E-state index contributed by atoms with van der Waals surface area (Å²) in [6.07, 6.45) is 0. The highest BCUT2D eigenvalue weighted by atomic mass is 35.5. The Morgan fingerprint density at radius 2 is 1.90 bits per heavy atom. The van der Waals surface area contributed by atoms with Gasteiger partial charge in [-0.05, 0) is 36.8 Å². The fraction of sp³-hybridized carbons (Fsp3) is 0.214. The van der Waals surface area contributed by atoms with E-state index in [2.05, 4.69) is 20.8 Å². The quantitative estimate of drug-likeness (QED) is 0.888. The Morgan fingerprint density at radius 1 is 1.15 bits per heavy atom. The van der Waals surface area contributed by atoms with Crippen molar-refractivity contribution >= 4 is 23.3 Å². The Bertz CT molecular complexity index is 569. The van der Waals surface area contributed by atoms with Gasteiger partial charge in [0.1, 0.15) is 5.82 Å². The van der Waals surface area contributed by atoms with Gasteiger partial charge in [-0.2, -0.15) is 0 Å². The first-order valence-corrected chi connectivity index (χ1v) is 6.67. The molecule has 0 aliphatic rings. The maximum Gasteiger partial charge on any atom is 0.272 e. The van der Waals surface area contributed by atoms with Crippen molar-refractivity contribution in [2.75, 3.05) is 11.9 Å². The van der Waals surface area contributed by atoms with Gasteiger partial charge in [-0.1, -0.05) is 23.7 Å². The molecule has 0 unspecified atom stereocenters. The van der Waals surface area contributed by atoms with Crippen molar-refractivity contribution in [1.29, 1.82) is 0 Å². The maximum atomic E-state index is 11.9. The van der Waals surface area contributed by atoms with Crippen LogP contribution in [0.2, 0.25) is 5.02 Å². The lowest BCUT2D eigenvalue weighted by molar-refractivity contribution is 0.0945. The van der Waals surface area contributed by atoms with Crippen LogP contribution in [0.3, 0.4) is 0 Å². The van der Waals surface area contributed by atoms with Crippen molar-refractivity contribution in [3.05, 3.63) is 52.7 Å². The van der Waals surface area contributed by atoms with Gasteiger partial charge in [0, 0.05) is 18.1 Å². The van der Waals surface area contributed by atoms with Gasteiger partial charge >= 0.3 is 0 Å². The highest BCUT2D eigenvalue weighted by molar-refractivity contribution is 6.30. The van der Waals surface area contributed by atoms with E-state index in [0.29, 0.717) is 23.1 Å². The highest BCUT2D eigenvalue weighted by Gasteiger charge is 2.07. The number of benzene rings is 1. The van der Waals surface area contributed by atoms with Crippen molar-refractivity contribution < 1.29 is 4.79 Å². The van der Waals surface area contributed by atoms with Gasteiger partial charge in [0.15, 0.2) is 5.69 Å². The molecule has 6 heteroatoms. The van der Waals surface area contributed by atoms with E-state index in [0.717, 1.165) is 12.1 Å². The normalized spacial score (nSPS) is 10.1. The third-order valence-electron chi connectivity index (χ3n) is 2.62. The van der Waals surface area contributed by atoms with Crippen LogP contribution < -0.4 is 10.6 Å². The van der Waals surface area contributed by atoms with Gasteiger partial charge in [-0.3, -0.25) is 4.79 Å². The molecule has 0 bridgehead atoms. The molecule has 20 heavy (non-hydrogen) atoms.